The summed E-state index contributed by atoms with van der Waals surface area (Å²) in [6.07, 6.45) is 4.70. The van der Waals surface area contributed by atoms with Gasteiger partial charge in [-0.15, -0.1) is 0 Å². The first kappa shape index (κ1) is 21.3. The van der Waals surface area contributed by atoms with Crippen molar-refractivity contribution in [3.05, 3.63) is 57.6 Å². The fraction of sp³-hybridized carbons (Fsp3) is 0.391. The average Bonchev–Trinajstić information content (AvgIpc) is 2.69. The number of rotatable bonds is 8. The third kappa shape index (κ3) is 5.06. The van der Waals surface area contributed by atoms with E-state index in [0.29, 0.717) is 0 Å². The van der Waals surface area contributed by atoms with Gasteiger partial charge in [0.25, 0.3) is 0 Å². The molecular formula is C23H26N2S2. The molecule has 0 spiro atoms. The third-order valence-corrected chi connectivity index (χ3v) is 5.22. The maximum atomic E-state index is 4.81. The lowest BCUT2D eigenvalue weighted by atomic mass is 9.90. The van der Waals surface area contributed by atoms with Crippen LogP contribution >= 0.6 is 24.4 Å². The van der Waals surface area contributed by atoms with Gasteiger partial charge in [0.15, 0.2) is 0 Å². The van der Waals surface area contributed by atoms with Crippen LogP contribution in [0, 0.1) is 0 Å². The van der Waals surface area contributed by atoms with Crippen LogP contribution < -0.4 is 0 Å². The normalized spacial score (nSPS) is 10.2. The monoisotopic (exact) mass is 394 g/mol. The summed E-state index contributed by atoms with van der Waals surface area (Å²) in [5.74, 6) is 0. The Morgan fingerprint density at radius 2 is 0.963 bits per heavy atom. The number of aryl methyl sites for hydroxylation is 4. The summed E-state index contributed by atoms with van der Waals surface area (Å²) in [7, 11) is 0. The zero-order chi connectivity index (χ0) is 19.8. The molecule has 0 radical (unpaired) electrons. The molecule has 0 aliphatic heterocycles. The summed E-state index contributed by atoms with van der Waals surface area (Å²) < 4.78 is 0. The van der Waals surface area contributed by atoms with Crippen molar-refractivity contribution in [2.24, 2.45) is 9.98 Å². The summed E-state index contributed by atoms with van der Waals surface area (Å²) in [6, 6.07) is 8.92. The first-order chi connectivity index (χ1) is 13.1. The predicted octanol–water partition coefficient (Wildman–Crippen LogP) is 7.00. The van der Waals surface area contributed by atoms with Crippen LogP contribution in [0.1, 0.15) is 61.1 Å². The Balaban J connectivity index is 2.58. The number of benzene rings is 2. The summed E-state index contributed by atoms with van der Waals surface area (Å²) in [4.78, 5) is 8.53. The topological polar surface area (TPSA) is 24.7 Å². The lowest BCUT2D eigenvalue weighted by molar-refractivity contribution is 0.997. The highest BCUT2D eigenvalue weighted by atomic mass is 32.1. The van der Waals surface area contributed by atoms with E-state index >= 15 is 0 Å². The summed E-state index contributed by atoms with van der Waals surface area (Å²) in [6.45, 7) is 8.67. The van der Waals surface area contributed by atoms with Crippen LogP contribution in [0.25, 0.3) is 0 Å². The van der Waals surface area contributed by atoms with Crippen molar-refractivity contribution in [3.8, 4) is 0 Å². The molecule has 2 aromatic carbocycles. The molecule has 0 unspecified atom stereocenters. The van der Waals surface area contributed by atoms with E-state index in [1.807, 2.05) is 0 Å². The largest absolute Gasteiger partial charge is 0.194 e. The first-order valence-corrected chi connectivity index (χ1v) is 10.4. The highest BCUT2D eigenvalue weighted by Crippen LogP contribution is 2.30. The lowest BCUT2D eigenvalue weighted by Gasteiger charge is -2.16. The van der Waals surface area contributed by atoms with Crippen LogP contribution in [0.2, 0.25) is 0 Å². The molecule has 4 heteroatoms. The predicted molar refractivity (Wildman–Crippen MR) is 123 cm³/mol. The van der Waals surface area contributed by atoms with Crippen molar-refractivity contribution in [2.45, 2.75) is 59.8 Å². The lowest BCUT2D eigenvalue weighted by Crippen LogP contribution is -2.01. The third-order valence-electron chi connectivity index (χ3n) is 5.04. The first-order valence-electron chi connectivity index (χ1n) is 9.56. The molecule has 0 aliphatic rings. The molecule has 0 bridgehead atoms. The number of nitrogens with zero attached hydrogens (tertiary/aromatic N) is 2. The molecule has 27 heavy (non-hydrogen) atoms. The van der Waals surface area contributed by atoms with Crippen LogP contribution in [0.5, 0.6) is 0 Å². The van der Waals surface area contributed by atoms with Gasteiger partial charge in [-0.2, -0.15) is 9.98 Å². The molecule has 0 amide bonds. The summed E-state index contributed by atoms with van der Waals surface area (Å²) in [5.41, 5.74) is 9.69. The van der Waals surface area contributed by atoms with E-state index in [9.17, 15) is 0 Å². The van der Waals surface area contributed by atoms with E-state index in [0.717, 1.165) is 43.5 Å². The van der Waals surface area contributed by atoms with Gasteiger partial charge in [0, 0.05) is 0 Å². The second kappa shape index (κ2) is 10.4. The molecule has 2 aromatic rings. The van der Waals surface area contributed by atoms with Gasteiger partial charge in [-0.25, -0.2) is 0 Å². The maximum Gasteiger partial charge on any atom is 0.0774 e. The smallest absolute Gasteiger partial charge is 0.0774 e. The van der Waals surface area contributed by atoms with Gasteiger partial charge in [-0.05, 0) is 102 Å². The van der Waals surface area contributed by atoms with Crippen molar-refractivity contribution in [1.82, 2.24) is 0 Å². The van der Waals surface area contributed by atoms with Gasteiger partial charge in [0.05, 0.1) is 21.7 Å². The highest BCUT2D eigenvalue weighted by Gasteiger charge is 2.13. The zero-order valence-electron chi connectivity index (χ0n) is 16.6. The number of hydrogen-bond acceptors (Lipinski definition) is 4. The number of hydrogen-bond donors (Lipinski definition) is 0. The molecule has 140 valence electrons. The fourth-order valence-corrected chi connectivity index (χ4v) is 3.72. The average molecular weight is 395 g/mol. The van der Waals surface area contributed by atoms with Crippen molar-refractivity contribution in [3.63, 3.8) is 0 Å². The Morgan fingerprint density at radius 3 is 1.26 bits per heavy atom. The molecule has 0 fully saturated rings. The van der Waals surface area contributed by atoms with E-state index in [-0.39, 0.29) is 0 Å². The SMILES string of the molecule is CCc1cc(N=C=S)c(CC)cc1Cc1cc(CC)c(N=C=S)cc1CC. The van der Waals surface area contributed by atoms with Gasteiger partial charge in [0.2, 0.25) is 0 Å². The van der Waals surface area contributed by atoms with Crippen molar-refractivity contribution in [2.75, 3.05) is 0 Å². The van der Waals surface area contributed by atoms with Crippen molar-refractivity contribution >= 4 is 46.1 Å². The summed E-state index contributed by atoms with van der Waals surface area (Å²) >= 11 is 9.63. The van der Waals surface area contributed by atoms with Gasteiger partial charge in [-0.3, -0.25) is 0 Å². The van der Waals surface area contributed by atoms with Gasteiger partial charge >= 0.3 is 0 Å². The Hall–Kier alpha value is -1.96. The van der Waals surface area contributed by atoms with Crippen LogP contribution in [-0.2, 0) is 32.1 Å². The second-order valence-electron chi connectivity index (χ2n) is 6.50. The van der Waals surface area contributed by atoms with Gasteiger partial charge < -0.3 is 0 Å². The molecule has 0 N–H and O–H groups in total. The molecule has 0 aliphatic carbocycles. The fourth-order valence-electron chi connectivity index (χ4n) is 3.52. The second-order valence-corrected chi connectivity index (χ2v) is 6.86. The Labute approximate surface area is 173 Å². The standard InChI is InChI=1S/C23H26N2S2/c1-5-16-12-22(24-14-26)18(7-3)9-20(16)11-21-10-19(8-4)23(25-15-27)13-17(21)6-2/h9-10,12-13H,5-8,11H2,1-4H3. The minimum Gasteiger partial charge on any atom is -0.194 e. The van der Waals surface area contributed by atoms with Gasteiger partial charge in [-0.1, -0.05) is 39.8 Å². The Kier molecular flexibility index (Phi) is 8.22. The van der Waals surface area contributed by atoms with Crippen LogP contribution in [-0.4, -0.2) is 10.3 Å². The number of isothiocyanates is 2. The molecular weight excluding hydrogens is 368 g/mol. The minimum atomic E-state index is 0.912. The van der Waals surface area contributed by atoms with Crippen LogP contribution in [0.15, 0.2) is 34.3 Å². The molecule has 2 rings (SSSR count). The molecule has 0 saturated heterocycles. The van der Waals surface area contributed by atoms with E-state index in [4.69, 9.17) is 24.4 Å². The van der Waals surface area contributed by atoms with E-state index < -0.39 is 0 Å². The molecule has 0 heterocycles. The van der Waals surface area contributed by atoms with E-state index in [1.54, 1.807) is 0 Å². The van der Waals surface area contributed by atoms with E-state index in [2.05, 4.69) is 72.3 Å². The van der Waals surface area contributed by atoms with Crippen molar-refractivity contribution in [1.29, 1.82) is 0 Å². The van der Waals surface area contributed by atoms with Crippen LogP contribution in [0.4, 0.5) is 11.4 Å². The molecule has 0 atom stereocenters. The molecule has 2 nitrogen and oxygen atoms in total. The highest BCUT2D eigenvalue weighted by molar-refractivity contribution is 7.78. The van der Waals surface area contributed by atoms with E-state index in [1.165, 1.54) is 33.4 Å². The maximum absolute atomic E-state index is 4.81. The van der Waals surface area contributed by atoms with Crippen molar-refractivity contribution < 1.29 is 0 Å². The number of aliphatic imine (C=N–C) groups is 2. The quantitative estimate of drug-likeness (QED) is 0.356. The van der Waals surface area contributed by atoms with Crippen LogP contribution in [0.3, 0.4) is 0 Å². The van der Waals surface area contributed by atoms with Gasteiger partial charge in [0.1, 0.15) is 0 Å². The Morgan fingerprint density at radius 1 is 0.593 bits per heavy atom. The minimum absolute atomic E-state index is 0.912. The summed E-state index contributed by atoms with van der Waals surface area (Å²) in [5, 5.41) is 5.03. The number of thiocarbonyl (C=S) groups is 2. The zero-order valence-corrected chi connectivity index (χ0v) is 18.2. The molecule has 0 saturated carbocycles. The Bertz CT molecular complexity index is 843. The molecule has 0 aromatic heterocycles.